The van der Waals surface area contributed by atoms with Crippen LogP contribution in [0.1, 0.15) is 44.9 Å². The van der Waals surface area contributed by atoms with E-state index < -0.39 is 0 Å². The van der Waals surface area contributed by atoms with E-state index in [0.717, 1.165) is 29.8 Å². The molecule has 2 rings (SSSR count). The third-order valence-electron chi connectivity index (χ3n) is 3.56. The predicted molar refractivity (Wildman–Crippen MR) is 79.3 cm³/mol. The number of tetrazole rings is 1. The largest absolute Gasteiger partial charge is 0.313 e. The molecule has 1 aliphatic carbocycles. The third kappa shape index (κ3) is 5.10. The standard InChI is InChI=1S/C13H25N5S/c1-3-14-11(9-13-15-17-18(2)16-13)10-19-12-7-5-4-6-8-12/h11-12,14H,3-10H2,1-2H3. The molecule has 1 unspecified atom stereocenters. The van der Waals surface area contributed by atoms with Gasteiger partial charge in [0.05, 0.1) is 7.05 Å². The van der Waals surface area contributed by atoms with Gasteiger partial charge in [0, 0.05) is 23.5 Å². The predicted octanol–water partition coefficient (Wildman–Crippen LogP) is 1.80. The lowest BCUT2D eigenvalue weighted by atomic mass is 10.0. The molecule has 1 fully saturated rings. The molecular weight excluding hydrogens is 258 g/mol. The summed E-state index contributed by atoms with van der Waals surface area (Å²) in [7, 11) is 1.82. The van der Waals surface area contributed by atoms with Gasteiger partial charge in [0.15, 0.2) is 5.82 Å². The first-order chi connectivity index (χ1) is 9.28. The summed E-state index contributed by atoms with van der Waals surface area (Å²) in [5, 5.41) is 16.7. The lowest BCUT2D eigenvalue weighted by molar-refractivity contribution is 0.512. The van der Waals surface area contributed by atoms with Gasteiger partial charge in [-0.3, -0.25) is 0 Å². The fraction of sp³-hybridized carbons (Fsp3) is 0.923. The quantitative estimate of drug-likeness (QED) is 0.827. The summed E-state index contributed by atoms with van der Waals surface area (Å²) < 4.78 is 0. The number of nitrogens with one attached hydrogen (secondary N) is 1. The normalized spacial score (nSPS) is 18.6. The molecule has 0 radical (unpaired) electrons. The van der Waals surface area contributed by atoms with Crippen LogP contribution in [-0.4, -0.2) is 43.8 Å². The van der Waals surface area contributed by atoms with E-state index in [9.17, 15) is 0 Å². The SMILES string of the molecule is CCNC(CSC1CCCCC1)Cc1nnn(C)n1. The first-order valence-electron chi connectivity index (χ1n) is 7.35. The van der Waals surface area contributed by atoms with Crippen LogP contribution in [0, 0.1) is 0 Å². The highest BCUT2D eigenvalue weighted by Gasteiger charge is 2.17. The van der Waals surface area contributed by atoms with Crippen molar-refractivity contribution in [2.75, 3.05) is 12.3 Å². The Balaban J connectivity index is 1.78. The average Bonchev–Trinajstić information content (AvgIpc) is 2.83. The summed E-state index contributed by atoms with van der Waals surface area (Å²) in [6.07, 6.45) is 7.92. The molecular formula is C13H25N5S. The van der Waals surface area contributed by atoms with Gasteiger partial charge in [0.2, 0.25) is 0 Å². The number of hydrogen-bond donors (Lipinski definition) is 1. The summed E-state index contributed by atoms with van der Waals surface area (Å²) in [5.74, 6) is 1.99. The Morgan fingerprint density at radius 2 is 2.16 bits per heavy atom. The van der Waals surface area contributed by atoms with E-state index in [1.165, 1.54) is 36.9 Å². The van der Waals surface area contributed by atoms with E-state index in [2.05, 4.69) is 39.4 Å². The maximum absolute atomic E-state index is 4.27. The van der Waals surface area contributed by atoms with Gasteiger partial charge in [-0.1, -0.05) is 26.2 Å². The summed E-state index contributed by atoms with van der Waals surface area (Å²) in [6, 6.07) is 0.459. The van der Waals surface area contributed by atoms with Gasteiger partial charge in [-0.25, -0.2) is 0 Å². The molecule has 1 aromatic heterocycles. The Kier molecular flexibility index (Phi) is 6.10. The summed E-state index contributed by atoms with van der Waals surface area (Å²) in [6.45, 7) is 3.15. The van der Waals surface area contributed by atoms with Crippen molar-refractivity contribution >= 4 is 11.8 Å². The minimum atomic E-state index is 0.459. The molecule has 0 spiro atoms. The number of aryl methyl sites for hydroxylation is 1. The maximum Gasteiger partial charge on any atom is 0.176 e. The van der Waals surface area contributed by atoms with Crippen molar-refractivity contribution in [1.82, 2.24) is 25.5 Å². The van der Waals surface area contributed by atoms with Crippen LogP contribution in [-0.2, 0) is 13.5 Å². The van der Waals surface area contributed by atoms with E-state index >= 15 is 0 Å². The molecule has 1 heterocycles. The summed E-state index contributed by atoms with van der Waals surface area (Å²) in [5.41, 5.74) is 0. The lowest BCUT2D eigenvalue weighted by Gasteiger charge is -2.24. The van der Waals surface area contributed by atoms with Crippen LogP contribution in [0.3, 0.4) is 0 Å². The molecule has 108 valence electrons. The van der Waals surface area contributed by atoms with Gasteiger partial charge in [-0.05, 0) is 24.6 Å². The molecule has 0 aromatic carbocycles. The molecule has 0 saturated heterocycles. The molecule has 0 aliphatic heterocycles. The minimum absolute atomic E-state index is 0.459. The Morgan fingerprint density at radius 3 is 2.79 bits per heavy atom. The highest BCUT2D eigenvalue weighted by Crippen LogP contribution is 2.28. The van der Waals surface area contributed by atoms with Gasteiger partial charge < -0.3 is 5.32 Å². The third-order valence-corrected chi connectivity index (χ3v) is 5.09. The first-order valence-corrected chi connectivity index (χ1v) is 8.40. The zero-order valence-corrected chi connectivity index (χ0v) is 12.8. The van der Waals surface area contributed by atoms with E-state index in [1.54, 1.807) is 0 Å². The molecule has 1 atom stereocenters. The first kappa shape index (κ1) is 14.8. The minimum Gasteiger partial charge on any atom is -0.313 e. The van der Waals surface area contributed by atoms with Gasteiger partial charge in [-0.2, -0.15) is 16.6 Å². The monoisotopic (exact) mass is 283 g/mol. The van der Waals surface area contributed by atoms with E-state index in [4.69, 9.17) is 0 Å². The molecule has 19 heavy (non-hydrogen) atoms. The second kappa shape index (κ2) is 7.85. The van der Waals surface area contributed by atoms with Crippen LogP contribution in [0.4, 0.5) is 0 Å². The Bertz CT molecular complexity index is 362. The fourth-order valence-corrected chi connectivity index (χ4v) is 4.00. The second-order valence-electron chi connectivity index (χ2n) is 5.25. The van der Waals surface area contributed by atoms with Crippen molar-refractivity contribution in [1.29, 1.82) is 0 Å². The maximum atomic E-state index is 4.27. The van der Waals surface area contributed by atoms with Gasteiger partial charge in [0.1, 0.15) is 0 Å². The molecule has 0 bridgehead atoms. The lowest BCUT2D eigenvalue weighted by Crippen LogP contribution is -2.34. The van der Waals surface area contributed by atoms with Crippen LogP contribution < -0.4 is 5.32 Å². The Morgan fingerprint density at radius 1 is 1.37 bits per heavy atom. The molecule has 6 heteroatoms. The number of rotatable bonds is 7. The van der Waals surface area contributed by atoms with Gasteiger partial charge >= 0.3 is 0 Å². The summed E-state index contributed by atoms with van der Waals surface area (Å²) >= 11 is 2.13. The van der Waals surface area contributed by atoms with E-state index in [1.807, 2.05) is 7.05 Å². The Labute approximate surface area is 119 Å². The van der Waals surface area contributed by atoms with Crippen molar-refractivity contribution in [3.05, 3.63) is 5.82 Å². The van der Waals surface area contributed by atoms with Crippen LogP contribution >= 0.6 is 11.8 Å². The molecule has 1 saturated carbocycles. The van der Waals surface area contributed by atoms with Crippen molar-refractivity contribution in [3.8, 4) is 0 Å². The van der Waals surface area contributed by atoms with Crippen molar-refractivity contribution < 1.29 is 0 Å². The zero-order valence-electron chi connectivity index (χ0n) is 12.0. The Hall–Kier alpha value is -0.620. The second-order valence-corrected chi connectivity index (χ2v) is 6.58. The molecule has 1 aliphatic rings. The number of hydrogen-bond acceptors (Lipinski definition) is 5. The number of thioether (sulfide) groups is 1. The van der Waals surface area contributed by atoms with Crippen LogP contribution in [0.25, 0.3) is 0 Å². The summed E-state index contributed by atoms with van der Waals surface area (Å²) in [4.78, 5) is 1.53. The van der Waals surface area contributed by atoms with Gasteiger partial charge in [0.25, 0.3) is 0 Å². The van der Waals surface area contributed by atoms with Crippen molar-refractivity contribution in [2.24, 2.45) is 7.05 Å². The fourth-order valence-electron chi connectivity index (χ4n) is 2.59. The smallest absolute Gasteiger partial charge is 0.176 e. The molecule has 0 amide bonds. The topological polar surface area (TPSA) is 55.6 Å². The van der Waals surface area contributed by atoms with Crippen molar-refractivity contribution in [3.63, 3.8) is 0 Å². The zero-order chi connectivity index (χ0) is 13.5. The van der Waals surface area contributed by atoms with E-state index in [0.29, 0.717) is 6.04 Å². The van der Waals surface area contributed by atoms with Crippen LogP contribution in [0.2, 0.25) is 0 Å². The number of nitrogens with zero attached hydrogens (tertiary/aromatic N) is 4. The van der Waals surface area contributed by atoms with Crippen LogP contribution in [0.5, 0.6) is 0 Å². The number of aromatic nitrogens is 4. The molecule has 1 N–H and O–H groups in total. The number of likely N-dealkylation sites (N-methyl/N-ethyl adjacent to an activating group) is 1. The molecule has 5 nitrogen and oxygen atoms in total. The average molecular weight is 283 g/mol. The van der Waals surface area contributed by atoms with Crippen LogP contribution in [0.15, 0.2) is 0 Å². The van der Waals surface area contributed by atoms with Gasteiger partial charge in [-0.15, -0.1) is 10.2 Å². The highest BCUT2D eigenvalue weighted by atomic mass is 32.2. The highest BCUT2D eigenvalue weighted by molar-refractivity contribution is 7.99. The molecule has 1 aromatic rings. The van der Waals surface area contributed by atoms with E-state index in [-0.39, 0.29) is 0 Å². The van der Waals surface area contributed by atoms with Crippen molar-refractivity contribution in [2.45, 2.75) is 56.7 Å².